The molecule has 4 aromatic heterocycles. The van der Waals surface area contributed by atoms with E-state index in [1.807, 2.05) is 20.0 Å². The van der Waals surface area contributed by atoms with Crippen molar-refractivity contribution in [3.05, 3.63) is 57.4 Å². The molecule has 1 N–H and O–H groups in total. The summed E-state index contributed by atoms with van der Waals surface area (Å²) in [6.07, 6.45) is -2.87. The van der Waals surface area contributed by atoms with Gasteiger partial charge in [0.1, 0.15) is 0 Å². The molecular weight excluding hydrogens is 465 g/mol. The van der Waals surface area contributed by atoms with Gasteiger partial charge in [0.25, 0.3) is 5.91 Å². The second-order valence-electron chi connectivity index (χ2n) is 7.15. The molecule has 0 saturated heterocycles. The summed E-state index contributed by atoms with van der Waals surface area (Å²) < 4.78 is 44.0. The third kappa shape index (κ3) is 4.22. The highest BCUT2D eigenvalue weighted by molar-refractivity contribution is 7.19. The zero-order chi connectivity index (χ0) is 23.2. The number of halogens is 4. The Morgan fingerprint density at radius 3 is 2.62 bits per heavy atom. The van der Waals surface area contributed by atoms with Crippen LogP contribution in [-0.4, -0.2) is 30.3 Å². The molecule has 12 heteroatoms. The third-order valence-corrected chi connectivity index (χ3v) is 6.15. The maximum absolute atomic E-state index is 13.7. The van der Waals surface area contributed by atoms with Gasteiger partial charge >= 0.3 is 6.18 Å². The van der Waals surface area contributed by atoms with Crippen LogP contribution in [-0.2, 0) is 12.7 Å². The summed E-state index contributed by atoms with van der Waals surface area (Å²) in [6, 6.07) is 4.90. The number of nitrogens with zero attached hydrogens (tertiary/aromatic N) is 5. The van der Waals surface area contributed by atoms with Gasteiger partial charge < -0.3 is 5.32 Å². The Kier molecular flexibility index (Phi) is 5.72. The van der Waals surface area contributed by atoms with Crippen molar-refractivity contribution < 1.29 is 18.0 Å². The van der Waals surface area contributed by atoms with E-state index in [9.17, 15) is 18.0 Å². The standard InChI is InChI=1S/C20H18ClF3N6OS/c1-4-29-9-12(11(3)27-29)10(2)25-19(31)14-8-18-26-13(15-5-6-17(21)32-15)7-16(20(22,23)24)30(18)28-14/h5-10H,4H2,1-3H3,(H,25,31)/t10-/m1/s1. The SMILES string of the molecule is CCn1cc([C@@H](C)NC(=O)c2cc3nc(-c4ccc(Cl)s4)cc(C(F)(F)F)n3n2)c(C)n1. The van der Waals surface area contributed by atoms with Crippen LogP contribution in [0.2, 0.25) is 4.34 Å². The maximum atomic E-state index is 13.7. The van der Waals surface area contributed by atoms with Crippen molar-refractivity contribution in [2.24, 2.45) is 0 Å². The number of amides is 1. The predicted octanol–water partition coefficient (Wildman–Crippen LogP) is 5.15. The molecular formula is C20H18ClF3N6OS. The van der Waals surface area contributed by atoms with Gasteiger partial charge in [0.05, 0.1) is 26.6 Å². The Morgan fingerprint density at radius 1 is 1.28 bits per heavy atom. The number of carbonyl (C=O) groups excluding carboxylic acids is 1. The monoisotopic (exact) mass is 482 g/mol. The fraction of sp³-hybridized carbons (Fsp3) is 0.300. The van der Waals surface area contributed by atoms with Gasteiger partial charge in [0.15, 0.2) is 17.0 Å². The molecule has 1 amide bonds. The molecule has 168 valence electrons. The first-order valence-corrected chi connectivity index (χ1v) is 10.8. The molecule has 4 aromatic rings. The van der Waals surface area contributed by atoms with Crippen molar-refractivity contribution in [1.29, 1.82) is 0 Å². The van der Waals surface area contributed by atoms with E-state index in [1.54, 1.807) is 23.7 Å². The number of fused-ring (bicyclic) bond motifs is 1. The molecule has 0 aliphatic rings. The predicted molar refractivity (Wildman–Crippen MR) is 115 cm³/mol. The van der Waals surface area contributed by atoms with Gasteiger partial charge in [-0.3, -0.25) is 9.48 Å². The minimum atomic E-state index is -4.70. The van der Waals surface area contributed by atoms with Crippen molar-refractivity contribution >= 4 is 34.5 Å². The summed E-state index contributed by atoms with van der Waals surface area (Å²) in [7, 11) is 0. The van der Waals surface area contributed by atoms with E-state index < -0.39 is 23.8 Å². The molecule has 0 fully saturated rings. The number of alkyl halides is 3. The third-order valence-electron chi connectivity index (χ3n) is 4.90. The van der Waals surface area contributed by atoms with Gasteiger partial charge in [-0.05, 0) is 39.0 Å². The van der Waals surface area contributed by atoms with E-state index in [0.717, 1.165) is 28.7 Å². The van der Waals surface area contributed by atoms with Crippen molar-refractivity contribution in [2.75, 3.05) is 0 Å². The molecule has 4 heterocycles. The number of carbonyl (C=O) groups is 1. The molecule has 0 radical (unpaired) electrons. The van der Waals surface area contributed by atoms with Crippen LogP contribution in [0, 0.1) is 6.92 Å². The topological polar surface area (TPSA) is 77.1 Å². The second kappa shape index (κ2) is 8.21. The highest BCUT2D eigenvalue weighted by Gasteiger charge is 2.36. The lowest BCUT2D eigenvalue weighted by atomic mass is 10.1. The molecule has 0 aromatic carbocycles. The normalized spacial score (nSPS) is 13.0. The summed E-state index contributed by atoms with van der Waals surface area (Å²) in [5, 5.41) is 11.0. The van der Waals surface area contributed by atoms with Gasteiger partial charge in [-0.15, -0.1) is 11.3 Å². The number of hydrogen-bond acceptors (Lipinski definition) is 5. The minimum Gasteiger partial charge on any atom is -0.344 e. The van der Waals surface area contributed by atoms with E-state index >= 15 is 0 Å². The van der Waals surface area contributed by atoms with Crippen LogP contribution in [0.25, 0.3) is 16.2 Å². The zero-order valence-corrected chi connectivity index (χ0v) is 18.8. The van der Waals surface area contributed by atoms with E-state index in [2.05, 4.69) is 20.5 Å². The first-order valence-electron chi connectivity index (χ1n) is 9.65. The van der Waals surface area contributed by atoms with Crippen LogP contribution in [0.5, 0.6) is 0 Å². The van der Waals surface area contributed by atoms with Crippen molar-refractivity contribution in [3.8, 4) is 10.6 Å². The molecule has 0 bridgehead atoms. The molecule has 0 saturated carbocycles. The number of rotatable bonds is 5. The fourth-order valence-corrected chi connectivity index (χ4v) is 4.34. The largest absolute Gasteiger partial charge is 0.433 e. The minimum absolute atomic E-state index is 0.0906. The van der Waals surface area contributed by atoms with Crippen molar-refractivity contribution in [1.82, 2.24) is 29.7 Å². The summed E-state index contributed by atoms with van der Waals surface area (Å²) in [5.74, 6) is -0.611. The summed E-state index contributed by atoms with van der Waals surface area (Å²) in [6.45, 7) is 6.22. The highest BCUT2D eigenvalue weighted by atomic mass is 35.5. The highest BCUT2D eigenvalue weighted by Crippen LogP contribution is 2.35. The second-order valence-corrected chi connectivity index (χ2v) is 8.86. The summed E-state index contributed by atoms with van der Waals surface area (Å²) in [5.41, 5.74) is 0.382. The fourth-order valence-electron chi connectivity index (χ4n) is 3.33. The van der Waals surface area contributed by atoms with E-state index in [-0.39, 0.29) is 17.0 Å². The van der Waals surface area contributed by atoms with E-state index in [1.165, 1.54) is 6.07 Å². The Hall–Kier alpha value is -2.92. The molecule has 0 aliphatic carbocycles. The molecule has 32 heavy (non-hydrogen) atoms. The lowest BCUT2D eigenvalue weighted by molar-refractivity contribution is -0.142. The number of nitrogens with one attached hydrogen (secondary N) is 1. The maximum Gasteiger partial charge on any atom is 0.433 e. The summed E-state index contributed by atoms with van der Waals surface area (Å²) in [4.78, 5) is 17.5. The molecule has 7 nitrogen and oxygen atoms in total. The molecule has 0 aliphatic heterocycles. The lowest BCUT2D eigenvalue weighted by Gasteiger charge is -2.12. The lowest BCUT2D eigenvalue weighted by Crippen LogP contribution is -2.27. The van der Waals surface area contributed by atoms with Crippen LogP contribution in [0.1, 0.15) is 47.3 Å². The van der Waals surface area contributed by atoms with Gasteiger partial charge in [-0.1, -0.05) is 11.6 Å². The van der Waals surface area contributed by atoms with Crippen LogP contribution in [0.3, 0.4) is 0 Å². The first-order chi connectivity index (χ1) is 15.1. The Labute approximate surface area is 189 Å². The Bertz CT molecular complexity index is 1310. The number of aryl methyl sites for hydroxylation is 2. The number of hydrogen-bond donors (Lipinski definition) is 1. The Balaban J connectivity index is 1.70. The molecule has 4 rings (SSSR count). The van der Waals surface area contributed by atoms with Gasteiger partial charge in [-0.25, -0.2) is 9.50 Å². The van der Waals surface area contributed by atoms with Crippen LogP contribution in [0.4, 0.5) is 13.2 Å². The molecule has 0 unspecified atom stereocenters. The van der Waals surface area contributed by atoms with Gasteiger partial charge in [0, 0.05) is 24.4 Å². The first kappa shape index (κ1) is 22.3. The average molecular weight is 483 g/mol. The van der Waals surface area contributed by atoms with Crippen LogP contribution in [0.15, 0.2) is 30.5 Å². The molecule has 0 spiro atoms. The molecule has 1 atom stereocenters. The van der Waals surface area contributed by atoms with Gasteiger partial charge in [0.2, 0.25) is 0 Å². The van der Waals surface area contributed by atoms with Crippen LogP contribution >= 0.6 is 22.9 Å². The van der Waals surface area contributed by atoms with Crippen molar-refractivity contribution in [2.45, 2.75) is 39.5 Å². The quantitative estimate of drug-likeness (QED) is 0.427. The zero-order valence-electron chi connectivity index (χ0n) is 17.2. The number of aromatic nitrogens is 5. The average Bonchev–Trinajstić information content (AvgIpc) is 3.43. The van der Waals surface area contributed by atoms with E-state index in [0.29, 0.717) is 20.3 Å². The number of thiophene rings is 1. The Morgan fingerprint density at radius 2 is 2.03 bits per heavy atom. The summed E-state index contributed by atoms with van der Waals surface area (Å²) >= 11 is 7.03. The van der Waals surface area contributed by atoms with Crippen molar-refractivity contribution in [3.63, 3.8) is 0 Å². The van der Waals surface area contributed by atoms with E-state index in [4.69, 9.17) is 11.6 Å². The van der Waals surface area contributed by atoms with Crippen LogP contribution < -0.4 is 5.32 Å². The smallest absolute Gasteiger partial charge is 0.344 e. The van der Waals surface area contributed by atoms with Gasteiger partial charge in [-0.2, -0.15) is 23.4 Å².